The topological polar surface area (TPSA) is 51.0 Å². The number of anilines is 1. The van der Waals surface area contributed by atoms with Crippen molar-refractivity contribution in [3.63, 3.8) is 0 Å². The summed E-state index contributed by atoms with van der Waals surface area (Å²) in [5.74, 6) is 1.66. The molecule has 0 aliphatic rings. The summed E-state index contributed by atoms with van der Waals surface area (Å²) < 4.78 is 5.12. The van der Waals surface area contributed by atoms with Gasteiger partial charge in [0.15, 0.2) is 0 Å². The fraction of sp³-hybridized carbons (Fsp3) is 0.333. The minimum atomic E-state index is 0.450. The molecular formula is C12H14ClN3OS. The van der Waals surface area contributed by atoms with E-state index in [9.17, 15) is 0 Å². The second-order valence-electron chi connectivity index (χ2n) is 3.71. The summed E-state index contributed by atoms with van der Waals surface area (Å²) >= 11 is 7.73. The molecule has 0 aliphatic carbocycles. The normalized spacial score (nSPS) is 10.6. The van der Waals surface area contributed by atoms with Gasteiger partial charge in [-0.15, -0.1) is 0 Å². The third-order valence-corrected chi connectivity index (χ3v) is 3.24. The van der Waals surface area contributed by atoms with Gasteiger partial charge in [-0.05, 0) is 30.6 Å². The molecule has 6 heteroatoms. The van der Waals surface area contributed by atoms with Crippen LogP contribution in [0.5, 0.6) is 0 Å². The van der Waals surface area contributed by atoms with Gasteiger partial charge < -0.3 is 9.84 Å². The molecule has 0 saturated carbocycles. The summed E-state index contributed by atoms with van der Waals surface area (Å²) in [6.07, 6.45) is 3.15. The van der Waals surface area contributed by atoms with E-state index in [4.69, 9.17) is 16.1 Å². The van der Waals surface area contributed by atoms with Gasteiger partial charge in [-0.2, -0.15) is 16.7 Å². The summed E-state index contributed by atoms with van der Waals surface area (Å²) in [6.45, 7) is 0.831. The van der Waals surface area contributed by atoms with E-state index in [-0.39, 0.29) is 0 Å². The van der Waals surface area contributed by atoms with Gasteiger partial charge in [0.05, 0.1) is 0 Å². The van der Waals surface area contributed by atoms with Gasteiger partial charge in [0.25, 0.3) is 0 Å². The summed E-state index contributed by atoms with van der Waals surface area (Å²) in [5.41, 5.74) is 0.850. The molecule has 1 aromatic carbocycles. The van der Waals surface area contributed by atoms with E-state index in [1.807, 2.05) is 36.0 Å². The number of aromatic nitrogens is 2. The molecule has 0 bridgehead atoms. The number of nitrogens with zero attached hydrogens (tertiary/aromatic N) is 2. The van der Waals surface area contributed by atoms with E-state index in [2.05, 4.69) is 21.7 Å². The second kappa shape index (κ2) is 6.66. The van der Waals surface area contributed by atoms with E-state index in [0.29, 0.717) is 16.9 Å². The fourth-order valence-corrected chi connectivity index (χ4v) is 2.08. The van der Waals surface area contributed by atoms with Crippen LogP contribution in [0.1, 0.15) is 6.42 Å². The van der Waals surface area contributed by atoms with Gasteiger partial charge in [0.2, 0.25) is 5.82 Å². The zero-order chi connectivity index (χ0) is 12.8. The maximum Gasteiger partial charge on any atom is 0.321 e. The third kappa shape index (κ3) is 3.65. The lowest BCUT2D eigenvalue weighted by molar-refractivity contribution is 0.432. The Bertz CT molecular complexity index is 504. The van der Waals surface area contributed by atoms with Crippen LogP contribution in [0.2, 0.25) is 5.02 Å². The monoisotopic (exact) mass is 283 g/mol. The molecule has 2 rings (SSSR count). The van der Waals surface area contributed by atoms with Crippen molar-refractivity contribution in [1.29, 1.82) is 0 Å². The van der Waals surface area contributed by atoms with Crippen LogP contribution in [0.25, 0.3) is 11.4 Å². The SMILES string of the molecule is CSCCCNc1nc(-c2cccc(Cl)c2)no1. The largest absolute Gasteiger partial charge is 0.338 e. The van der Waals surface area contributed by atoms with Crippen molar-refractivity contribution >= 4 is 29.4 Å². The number of nitrogens with one attached hydrogen (secondary N) is 1. The molecule has 0 saturated heterocycles. The average molecular weight is 284 g/mol. The Morgan fingerprint density at radius 1 is 1.44 bits per heavy atom. The molecular weight excluding hydrogens is 270 g/mol. The lowest BCUT2D eigenvalue weighted by Crippen LogP contribution is -2.02. The van der Waals surface area contributed by atoms with E-state index in [1.165, 1.54) is 0 Å². The predicted octanol–water partition coefficient (Wildman–Crippen LogP) is 3.56. The smallest absolute Gasteiger partial charge is 0.321 e. The summed E-state index contributed by atoms with van der Waals surface area (Å²) in [4.78, 5) is 4.26. The highest BCUT2D eigenvalue weighted by Gasteiger charge is 2.07. The molecule has 0 unspecified atom stereocenters. The van der Waals surface area contributed by atoms with Crippen molar-refractivity contribution < 1.29 is 4.52 Å². The lowest BCUT2D eigenvalue weighted by Gasteiger charge is -1.98. The third-order valence-electron chi connectivity index (χ3n) is 2.31. The van der Waals surface area contributed by atoms with Crippen LogP contribution in [-0.2, 0) is 0 Å². The van der Waals surface area contributed by atoms with Crippen molar-refractivity contribution in [2.75, 3.05) is 23.9 Å². The second-order valence-corrected chi connectivity index (χ2v) is 5.13. The summed E-state index contributed by atoms with van der Waals surface area (Å²) in [5, 5.41) is 7.67. The summed E-state index contributed by atoms with van der Waals surface area (Å²) in [7, 11) is 0. The summed E-state index contributed by atoms with van der Waals surface area (Å²) in [6, 6.07) is 7.83. The highest BCUT2D eigenvalue weighted by molar-refractivity contribution is 7.98. The van der Waals surface area contributed by atoms with E-state index >= 15 is 0 Å². The first kappa shape index (κ1) is 13.2. The number of hydrogen-bond donors (Lipinski definition) is 1. The molecule has 0 amide bonds. The quantitative estimate of drug-likeness (QED) is 0.822. The molecule has 0 fully saturated rings. The molecule has 18 heavy (non-hydrogen) atoms. The van der Waals surface area contributed by atoms with Gasteiger partial charge in [0.1, 0.15) is 0 Å². The Labute approximate surface area is 115 Å². The zero-order valence-electron chi connectivity index (χ0n) is 10.0. The average Bonchev–Trinajstić information content (AvgIpc) is 2.83. The molecule has 2 aromatic rings. The van der Waals surface area contributed by atoms with Crippen LogP contribution in [-0.4, -0.2) is 28.7 Å². The highest BCUT2D eigenvalue weighted by atomic mass is 35.5. The number of thioether (sulfide) groups is 1. The molecule has 1 heterocycles. The van der Waals surface area contributed by atoms with E-state index < -0.39 is 0 Å². The minimum Gasteiger partial charge on any atom is -0.338 e. The molecule has 0 atom stereocenters. The maximum atomic E-state index is 5.92. The lowest BCUT2D eigenvalue weighted by atomic mass is 10.2. The predicted molar refractivity (Wildman–Crippen MR) is 76.2 cm³/mol. The van der Waals surface area contributed by atoms with Crippen molar-refractivity contribution in [3.05, 3.63) is 29.3 Å². The van der Waals surface area contributed by atoms with Crippen LogP contribution in [0, 0.1) is 0 Å². The van der Waals surface area contributed by atoms with Gasteiger partial charge in [-0.1, -0.05) is 28.9 Å². The van der Waals surface area contributed by atoms with Crippen molar-refractivity contribution in [3.8, 4) is 11.4 Å². The van der Waals surface area contributed by atoms with Crippen molar-refractivity contribution in [2.45, 2.75) is 6.42 Å². The Hall–Kier alpha value is -1.20. The van der Waals surface area contributed by atoms with Crippen molar-refractivity contribution in [1.82, 2.24) is 10.1 Å². The molecule has 0 radical (unpaired) electrons. The van der Waals surface area contributed by atoms with E-state index in [0.717, 1.165) is 24.3 Å². The first-order valence-electron chi connectivity index (χ1n) is 5.62. The van der Waals surface area contributed by atoms with Gasteiger partial charge >= 0.3 is 6.01 Å². The number of benzene rings is 1. The number of hydrogen-bond acceptors (Lipinski definition) is 5. The highest BCUT2D eigenvalue weighted by Crippen LogP contribution is 2.21. The first-order valence-corrected chi connectivity index (χ1v) is 7.39. The molecule has 4 nitrogen and oxygen atoms in total. The fourth-order valence-electron chi connectivity index (χ4n) is 1.45. The molecule has 1 aromatic heterocycles. The van der Waals surface area contributed by atoms with Crippen LogP contribution >= 0.6 is 23.4 Å². The van der Waals surface area contributed by atoms with Crippen LogP contribution in [0.3, 0.4) is 0 Å². The first-order chi connectivity index (χ1) is 8.79. The Morgan fingerprint density at radius 2 is 2.33 bits per heavy atom. The minimum absolute atomic E-state index is 0.450. The molecule has 96 valence electrons. The van der Waals surface area contributed by atoms with Gasteiger partial charge in [-0.25, -0.2) is 0 Å². The van der Waals surface area contributed by atoms with Crippen LogP contribution < -0.4 is 5.32 Å². The number of rotatable bonds is 6. The van der Waals surface area contributed by atoms with E-state index in [1.54, 1.807) is 0 Å². The van der Waals surface area contributed by atoms with Gasteiger partial charge in [0, 0.05) is 17.1 Å². The molecule has 0 spiro atoms. The number of halogens is 1. The maximum absolute atomic E-state index is 5.92. The Balaban J connectivity index is 1.97. The standard InChI is InChI=1S/C12H14ClN3OS/c1-18-7-3-6-14-12-15-11(16-17-12)9-4-2-5-10(13)8-9/h2,4-5,8H,3,6-7H2,1H3,(H,14,15,16). The van der Waals surface area contributed by atoms with Crippen molar-refractivity contribution in [2.24, 2.45) is 0 Å². The molecule has 0 aliphatic heterocycles. The van der Waals surface area contributed by atoms with Crippen LogP contribution in [0.4, 0.5) is 6.01 Å². The zero-order valence-corrected chi connectivity index (χ0v) is 11.6. The van der Waals surface area contributed by atoms with Gasteiger partial charge in [-0.3, -0.25) is 0 Å². The van der Waals surface area contributed by atoms with Crippen LogP contribution in [0.15, 0.2) is 28.8 Å². The molecule has 1 N–H and O–H groups in total. The Morgan fingerprint density at radius 3 is 3.11 bits per heavy atom. The Kier molecular flexibility index (Phi) is 4.90.